The molecule has 36 heavy (non-hydrogen) atoms. The molecule has 3 rings (SSSR count). The molecule has 0 unspecified atom stereocenters. The first-order chi connectivity index (χ1) is 17.0. The van der Waals surface area contributed by atoms with Crippen LogP contribution < -0.4 is 20.2 Å². The number of anilines is 3. The minimum atomic E-state index is -4.05. The number of carbonyl (C=O) groups excluding carboxylic acids is 1. The second kappa shape index (κ2) is 11.4. The van der Waals surface area contributed by atoms with Crippen LogP contribution in [0.2, 0.25) is 0 Å². The second-order valence-electron chi connectivity index (χ2n) is 7.24. The van der Waals surface area contributed by atoms with Crippen LogP contribution in [0.25, 0.3) is 0 Å². The molecule has 1 amide bonds. The molecule has 0 spiro atoms. The van der Waals surface area contributed by atoms with E-state index in [1.165, 1.54) is 24.3 Å². The van der Waals surface area contributed by atoms with Gasteiger partial charge in [0.15, 0.2) is 17.5 Å². The van der Waals surface area contributed by atoms with Gasteiger partial charge in [0.25, 0.3) is 16.1 Å². The maximum absolute atomic E-state index is 15.2. The summed E-state index contributed by atoms with van der Waals surface area (Å²) in [4.78, 5) is 17.1. The number of halogens is 5. The van der Waals surface area contributed by atoms with Gasteiger partial charge in [-0.05, 0) is 64.0 Å². The van der Waals surface area contributed by atoms with Crippen LogP contribution in [0, 0.1) is 26.8 Å². The van der Waals surface area contributed by atoms with Crippen LogP contribution in [0.3, 0.4) is 0 Å². The first kappa shape index (κ1) is 27.6. The van der Waals surface area contributed by atoms with Crippen LogP contribution in [0.1, 0.15) is 21.5 Å². The lowest BCUT2D eigenvalue weighted by molar-refractivity contribution is 0.0538. The predicted octanol–water partition coefficient (Wildman–Crippen LogP) is 4.35. The van der Waals surface area contributed by atoms with Crippen LogP contribution in [-0.4, -0.2) is 28.5 Å². The highest BCUT2D eigenvalue weighted by Gasteiger charge is 2.25. The van der Waals surface area contributed by atoms with Crippen molar-refractivity contribution in [3.8, 4) is 0 Å². The SMILES string of the molecule is CNS(=O)(=O)Nc1cccc(Cc2cc(C(=O)NOC)c(Nc3ccc(I)cc3F)c(F)c2F)c1F. The molecule has 3 aromatic carbocycles. The molecule has 0 aromatic heterocycles. The van der Waals surface area contributed by atoms with Crippen molar-refractivity contribution >= 4 is 55.8 Å². The average molecular weight is 638 g/mol. The maximum atomic E-state index is 15.2. The number of hydrogen-bond donors (Lipinski definition) is 4. The van der Waals surface area contributed by atoms with Crippen molar-refractivity contribution < 1.29 is 35.6 Å². The van der Waals surface area contributed by atoms with E-state index in [9.17, 15) is 22.0 Å². The summed E-state index contributed by atoms with van der Waals surface area (Å²) in [5.41, 5.74) is -0.383. The molecule has 14 heteroatoms. The lowest BCUT2D eigenvalue weighted by Gasteiger charge is -2.17. The van der Waals surface area contributed by atoms with Gasteiger partial charge in [0.1, 0.15) is 5.82 Å². The van der Waals surface area contributed by atoms with Gasteiger partial charge in [-0.25, -0.2) is 27.8 Å². The Morgan fingerprint density at radius 2 is 1.69 bits per heavy atom. The van der Waals surface area contributed by atoms with E-state index in [-0.39, 0.29) is 11.3 Å². The van der Waals surface area contributed by atoms with Gasteiger partial charge in [0, 0.05) is 17.0 Å². The Morgan fingerprint density at radius 1 is 0.972 bits per heavy atom. The van der Waals surface area contributed by atoms with E-state index in [2.05, 4.69) is 10.2 Å². The summed E-state index contributed by atoms with van der Waals surface area (Å²) in [5, 5.41) is 2.39. The van der Waals surface area contributed by atoms with Crippen LogP contribution in [0.5, 0.6) is 0 Å². The second-order valence-corrected chi connectivity index (χ2v) is 10.1. The van der Waals surface area contributed by atoms with Crippen molar-refractivity contribution in [3.05, 3.63) is 86.0 Å². The molecule has 0 fully saturated rings. The fraction of sp³-hybridized carbons (Fsp3) is 0.136. The number of hydrogen-bond acceptors (Lipinski definition) is 5. The van der Waals surface area contributed by atoms with Gasteiger partial charge in [0.05, 0.1) is 29.7 Å². The van der Waals surface area contributed by atoms with Gasteiger partial charge in [-0.2, -0.15) is 8.42 Å². The van der Waals surface area contributed by atoms with Crippen LogP contribution in [0.15, 0.2) is 42.5 Å². The zero-order chi connectivity index (χ0) is 26.6. The van der Waals surface area contributed by atoms with Crippen molar-refractivity contribution in [2.24, 2.45) is 0 Å². The highest BCUT2D eigenvalue weighted by molar-refractivity contribution is 14.1. The van der Waals surface area contributed by atoms with E-state index in [4.69, 9.17) is 0 Å². The smallest absolute Gasteiger partial charge is 0.298 e. The van der Waals surface area contributed by atoms with Crippen molar-refractivity contribution in [2.75, 3.05) is 24.2 Å². The van der Waals surface area contributed by atoms with Crippen molar-refractivity contribution in [3.63, 3.8) is 0 Å². The quantitative estimate of drug-likeness (QED) is 0.159. The number of nitrogens with one attached hydrogen (secondary N) is 4. The van der Waals surface area contributed by atoms with E-state index in [0.717, 1.165) is 32.4 Å². The Balaban J connectivity index is 2.08. The standard InChI is InChI=1S/C22H19F4IN4O4S/c1-28-36(33,34)31-17-5-3-4-11(18(17)24)8-12-9-14(22(32)30-35-2)21(20(26)19(12)25)29-16-7-6-13(27)10-15(16)23/h3-7,9-10,28-29,31H,8H2,1-2H3,(H,30,32). The third kappa shape index (κ3) is 6.24. The minimum Gasteiger partial charge on any atom is -0.350 e. The van der Waals surface area contributed by atoms with Crippen molar-refractivity contribution in [2.45, 2.75) is 6.42 Å². The van der Waals surface area contributed by atoms with Gasteiger partial charge in [-0.1, -0.05) is 12.1 Å². The van der Waals surface area contributed by atoms with E-state index in [1.54, 1.807) is 0 Å². The molecular weight excluding hydrogens is 619 g/mol. The summed E-state index contributed by atoms with van der Waals surface area (Å²) in [5.74, 6) is -5.71. The Bertz CT molecular complexity index is 1420. The summed E-state index contributed by atoms with van der Waals surface area (Å²) in [6.45, 7) is 0. The van der Waals surface area contributed by atoms with Crippen LogP contribution >= 0.6 is 22.6 Å². The lowest BCUT2D eigenvalue weighted by Crippen LogP contribution is -2.27. The summed E-state index contributed by atoms with van der Waals surface area (Å²) in [6, 6.07) is 8.61. The van der Waals surface area contributed by atoms with Crippen molar-refractivity contribution in [1.82, 2.24) is 10.2 Å². The van der Waals surface area contributed by atoms with Crippen LogP contribution in [0.4, 0.5) is 34.6 Å². The summed E-state index contributed by atoms with van der Waals surface area (Å²) >= 11 is 1.87. The molecule has 192 valence electrons. The third-order valence-electron chi connectivity index (χ3n) is 4.88. The van der Waals surface area contributed by atoms with Gasteiger partial charge in [0.2, 0.25) is 0 Å². The highest BCUT2D eigenvalue weighted by Crippen LogP contribution is 2.32. The molecule has 0 aliphatic heterocycles. The van der Waals surface area contributed by atoms with E-state index >= 15 is 8.78 Å². The van der Waals surface area contributed by atoms with Gasteiger partial charge < -0.3 is 5.32 Å². The molecule has 0 aliphatic rings. The molecule has 0 atom stereocenters. The number of hydroxylamine groups is 1. The van der Waals surface area contributed by atoms with Gasteiger partial charge in [-0.15, -0.1) is 0 Å². The molecule has 0 radical (unpaired) electrons. The van der Waals surface area contributed by atoms with E-state index in [0.29, 0.717) is 3.57 Å². The molecular formula is C22H19F4IN4O4S. The fourth-order valence-electron chi connectivity index (χ4n) is 3.18. The van der Waals surface area contributed by atoms with E-state index in [1.807, 2.05) is 37.5 Å². The Morgan fingerprint density at radius 3 is 2.33 bits per heavy atom. The first-order valence-electron chi connectivity index (χ1n) is 10.0. The number of amides is 1. The van der Waals surface area contributed by atoms with Gasteiger partial charge >= 0.3 is 0 Å². The molecule has 0 heterocycles. The van der Waals surface area contributed by atoms with E-state index < -0.39 is 68.3 Å². The normalized spacial score (nSPS) is 11.3. The van der Waals surface area contributed by atoms with Crippen LogP contribution in [-0.2, 0) is 21.5 Å². The van der Waals surface area contributed by atoms with Gasteiger partial charge in [-0.3, -0.25) is 14.4 Å². The third-order valence-corrected chi connectivity index (χ3v) is 6.58. The summed E-state index contributed by atoms with van der Waals surface area (Å²) in [7, 11) is -1.81. The minimum absolute atomic E-state index is 0.188. The lowest BCUT2D eigenvalue weighted by atomic mass is 9.99. The number of benzene rings is 3. The monoisotopic (exact) mass is 638 g/mol. The number of carbonyl (C=O) groups is 1. The topological polar surface area (TPSA) is 109 Å². The zero-order valence-electron chi connectivity index (χ0n) is 18.7. The molecule has 0 saturated carbocycles. The Labute approximate surface area is 217 Å². The molecule has 0 bridgehead atoms. The largest absolute Gasteiger partial charge is 0.350 e. The Kier molecular flexibility index (Phi) is 8.76. The maximum Gasteiger partial charge on any atom is 0.298 e. The predicted molar refractivity (Wildman–Crippen MR) is 134 cm³/mol. The molecule has 4 N–H and O–H groups in total. The average Bonchev–Trinajstić information content (AvgIpc) is 2.82. The number of rotatable bonds is 9. The molecule has 0 saturated heterocycles. The fourth-order valence-corrected chi connectivity index (χ4v) is 4.18. The zero-order valence-corrected chi connectivity index (χ0v) is 21.7. The summed E-state index contributed by atoms with van der Waals surface area (Å²) in [6.07, 6.45) is -0.546. The molecule has 8 nitrogen and oxygen atoms in total. The molecule has 3 aromatic rings. The first-order valence-corrected chi connectivity index (χ1v) is 12.6. The molecule has 0 aliphatic carbocycles. The van der Waals surface area contributed by atoms with Crippen molar-refractivity contribution in [1.29, 1.82) is 0 Å². The summed E-state index contributed by atoms with van der Waals surface area (Å²) < 4.78 is 87.5. The highest BCUT2D eigenvalue weighted by atomic mass is 127. The Hall–Kier alpha value is -2.95.